The zero-order valence-corrected chi connectivity index (χ0v) is 39.7. The summed E-state index contributed by atoms with van der Waals surface area (Å²) in [6, 6.07) is 32.6. The zero-order valence-electron chi connectivity index (χ0n) is 39.7. The van der Waals surface area contributed by atoms with Crippen LogP contribution in [0.2, 0.25) is 0 Å². The number of hydrogen-bond acceptors (Lipinski definition) is 11. The van der Waals surface area contributed by atoms with E-state index in [1.807, 2.05) is 72.8 Å². The van der Waals surface area contributed by atoms with E-state index in [2.05, 4.69) is 73.5 Å². The fourth-order valence-electron chi connectivity index (χ4n) is 8.42. The molecule has 3 aromatic heterocycles. The number of nitrogens with zero attached hydrogens (tertiary/aromatic N) is 6. The lowest BCUT2D eigenvalue weighted by Gasteiger charge is -2.31. The van der Waals surface area contributed by atoms with Gasteiger partial charge in [0.25, 0.3) is 0 Å². The van der Waals surface area contributed by atoms with Crippen LogP contribution in [0.5, 0.6) is 17.2 Å². The number of hydrogen-bond donors (Lipinski definition) is 0. The molecule has 0 bridgehead atoms. The molecule has 0 amide bonds. The minimum atomic E-state index is -1.04. The highest BCUT2D eigenvalue weighted by Gasteiger charge is 2.42. The van der Waals surface area contributed by atoms with Gasteiger partial charge < -0.3 is 14.2 Å². The highest BCUT2D eigenvalue weighted by Crippen LogP contribution is 2.39. The summed E-state index contributed by atoms with van der Waals surface area (Å²) in [4.78, 5) is 59.5. The van der Waals surface area contributed by atoms with Crippen LogP contribution in [0.4, 0.5) is 5.69 Å². The molecule has 1 fully saturated rings. The van der Waals surface area contributed by atoms with Crippen LogP contribution in [0.1, 0.15) is 126 Å². The fourth-order valence-corrected chi connectivity index (χ4v) is 8.42. The SMILES string of the molecule is [C-]#[N+]c1cc(-c2ccc(C(C)CC)cc2)ncc1OC(=O)C1CC(C(=O)Oc2cnc(-c3ccc(C(C)CC)cc3)cc2C#N)CC(C(=O)Oc2cnc(-c3ccc(C(C)CC)cc3)cc2C#N)C1. The Labute approximate surface area is 403 Å². The predicted octanol–water partition coefficient (Wildman–Crippen LogP) is 12.9. The van der Waals surface area contributed by atoms with E-state index in [-0.39, 0.29) is 53.3 Å². The summed E-state index contributed by atoms with van der Waals surface area (Å²) in [5.41, 5.74) is 7.68. The van der Waals surface area contributed by atoms with E-state index in [0.717, 1.165) is 36.0 Å². The molecule has 3 heterocycles. The van der Waals surface area contributed by atoms with Crippen LogP contribution in [0.15, 0.2) is 110 Å². The number of rotatable bonds is 15. The second-order valence-electron chi connectivity index (χ2n) is 17.9. The number of pyridine rings is 3. The Hall–Kier alpha value is -8.01. The second-order valence-corrected chi connectivity index (χ2v) is 17.9. The van der Waals surface area contributed by atoms with E-state index in [1.54, 1.807) is 18.2 Å². The third-order valence-electron chi connectivity index (χ3n) is 13.4. The third kappa shape index (κ3) is 11.4. The lowest BCUT2D eigenvalue weighted by molar-refractivity contribution is -0.150. The number of nitriles is 2. The summed E-state index contributed by atoms with van der Waals surface area (Å²) in [6.07, 6.45) is 6.71. The molecule has 69 heavy (non-hydrogen) atoms. The van der Waals surface area contributed by atoms with Gasteiger partial charge in [-0.2, -0.15) is 10.5 Å². The van der Waals surface area contributed by atoms with Crippen molar-refractivity contribution < 1.29 is 28.6 Å². The number of carbonyl (C=O) groups excluding carboxylic acids is 3. The zero-order chi connectivity index (χ0) is 49.2. The van der Waals surface area contributed by atoms with Gasteiger partial charge in [-0.15, -0.1) is 0 Å². The van der Waals surface area contributed by atoms with Gasteiger partial charge in [0.2, 0.25) is 5.69 Å². The van der Waals surface area contributed by atoms with Crippen molar-refractivity contribution >= 4 is 23.6 Å². The first-order chi connectivity index (χ1) is 33.4. The molecule has 3 aromatic carbocycles. The first-order valence-corrected chi connectivity index (χ1v) is 23.5. The summed E-state index contributed by atoms with van der Waals surface area (Å²) in [7, 11) is 0. The number of esters is 3. The molecule has 348 valence electrons. The van der Waals surface area contributed by atoms with Crippen LogP contribution in [-0.4, -0.2) is 32.9 Å². The number of aromatic nitrogens is 3. The third-order valence-corrected chi connectivity index (χ3v) is 13.4. The molecule has 0 radical (unpaired) electrons. The number of benzene rings is 3. The molecule has 5 atom stereocenters. The second kappa shape index (κ2) is 22.2. The standard InChI is InChI=1S/C57H54N6O6/c1-8-34(4)37-11-17-40(18-12-37)48-26-46(29-58)52(31-61-48)67-55(64)43-23-44(56(65)68-53-32-62-49(27-47(53)30-59)41-19-13-38(14-20-41)35(5)9-2)25-45(24-43)57(66)69-54-33-63-50(28-51(54)60-7)42-21-15-39(16-22-42)36(6)10-3/h11-22,26-28,31-36,43-45H,8-10,23-25H2,1-6H3. The summed E-state index contributed by atoms with van der Waals surface area (Å²) < 4.78 is 17.5. The van der Waals surface area contributed by atoms with E-state index in [4.69, 9.17) is 20.8 Å². The molecular weight excluding hydrogens is 865 g/mol. The Balaban J connectivity index is 1.13. The van der Waals surface area contributed by atoms with Gasteiger partial charge in [0.15, 0.2) is 17.2 Å². The molecule has 7 rings (SSSR count). The van der Waals surface area contributed by atoms with E-state index in [1.165, 1.54) is 35.3 Å². The Morgan fingerprint density at radius 3 is 1.16 bits per heavy atom. The molecule has 5 unspecified atom stereocenters. The number of carbonyl (C=O) groups is 3. The number of ether oxygens (including phenoxy) is 3. The van der Waals surface area contributed by atoms with Gasteiger partial charge in [0.1, 0.15) is 12.1 Å². The molecule has 0 aliphatic heterocycles. The van der Waals surface area contributed by atoms with E-state index >= 15 is 0 Å². The van der Waals surface area contributed by atoms with Crippen molar-refractivity contribution in [2.24, 2.45) is 17.8 Å². The summed E-state index contributed by atoms with van der Waals surface area (Å²) in [5.74, 6) is -4.54. The largest absolute Gasteiger partial charge is 0.436 e. The van der Waals surface area contributed by atoms with Gasteiger partial charge in [0, 0.05) is 11.1 Å². The van der Waals surface area contributed by atoms with Gasteiger partial charge >= 0.3 is 17.9 Å². The van der Waals surface area contributed by atoms with E-state index in [0.29, 0.717) is 34.8 Å². The smallest absolute Gasteiger partial charge is 0.314 e. The monoisotopic (exact) mass is 918 g/mol. The topological polar surface area (TPSA) is 170 Å². The molecule has 12 nitrogen and oxygen atoms in total. The molecule has 1 saturated carbocycles. The Kier molecular flexibility index (Phi) is 15.7. The summed E-state index contributed by atoms with van der Waals surface area (Å²) in [6.45, 7) is 20.7. The van der Waals surface area contributed by atoms with Crippen LogP contribution in [0, 0.1) is 47.0 Å². The highest BCUT2D eigenvalue weighted by molar-refractivity contribution is 5.84. The van der Waals surface area contributed by atoms with Crippen LogP contribution in [0.25, 0.3) is 38.6 Å². The molecular formula is C57H54N6O6. The van der Waals surface area contributed by atoms with Crippen molar-refractivity contribution in [3.05, 3.63) is 149 Å². The average Bonchev–Trinajstić information content (AvgIpc) is 3.40. The fraction of sp³-hybridized carbons (Fsp3) is 0.316. The van der Waals surface area contributed by atoms with E-state index < -0.39 is 35.7 Å². The van der Waals surface area contributed by atoms with Crippen LogP contribution in [-0.2, 0) is 14.4 Å². The van der Waals surface area contributed by atoms with Gasteiger partial charge in [-0.05, 0) is 96.7 Å². The Bertz CT molecular complexity index is 2640. The van der Waals surface area contributed by atoms with Gasteiger partial charge in [0.05, 0.1) is 71.1 Å². The van der Waals surface area contributed by atoms with Crippen molar-refractivity contribution in [1.82, 2.24) is 15.0 Å². The van der Waals surface area contributed by atoms with Crippen molar-refractivity contribution in [3.8, 4) is 63.2 Å². The van der Waals surface area contributed by atoms with Crippen molar-refractivity contribution in [1.29, 1.82) is 10.5 Å². The molecule has 12 heteroatoms. The van der Waals surface area contributed by atoms with Crippen LogP contribution >= 0.6 is 0 Å². The minimum absolute atomic E-state index is 0.0555. The molecule has 6 aromatic rings. The predicted molar refractivity (Wildman–Crippen MR) is 262 cm³/mol. The molecule has 1 aliphatic rings. The minimum Gasteiger partial charge on any atom is -0.436 e. The van der Waals surface area contributed by atoms with Crippen molar-refractivity contribution in [2.45, 2.75) is 97.8 Å². The normalized spacial score (nSPS) is 16.7. The first kappa shape index (κ1) is 48.9. The summed E-state index contributed by atoms with van der Waals surface area (Å²) >= 11 is 0. The van der Waals surface area contributed by atoms with Gasteiger partial charge in [-0.25, -0.2) is 4.85 Å². The maximum Gasteiger partial charge on any atom is 0.314 e. The Morgan fingerprint density at radius 2 is 0.855 bits per heavy atom. The molecule has 0 spiro atoms. The maximum atomic E-state index is 14.1. The average molecular weight is 919 g/mol. The van der Waals surface area contributed by atoms with Crippen molar-refractivity contribution in [2.75, 3.05) is 0 Å². The molecule has 1 aliphatic carbocycles. The molecule has 0 saturated heterocycles. The van der Waals surface area contributed by atoms with Crippen LogP contribution < -0.4 is 14.2 Å². The van der Waals surface area contributed by atoms with E-state index in [9.17, 15) is 24.9 Å². The van der Waals surface area contributed by atoms with Gasteiger partial charge in [-0.3, -0.25) is 29.3 Å². The van der Waals surface area contributed by atoms with Gasteiger partial charge in [-0.1, -0.05) is 114 Å². The lowest BCUT2D eigenvalue weighted by atomic mass is 9.75. The first-order valence-electron chi connectivity index (χ1n) is 23.5. The maximum absolute atomic E-state index is 14.1. The highest BCUT2D eigenvalue weighted by atomic mass is 16.5. The Morgan fingerprint density at radius 1 is 0.551 bits per heavy atom. The quantitative estimate of drug-likeness (QED) is 0.0709. The lowest BCUT2D eigenvalue weighted by Crippen LogP contribution is -2.39. The summed E-state index contributed by atoms with van der Waals surface area (Å²) in [5, 5.41) is 20.3. The molecule has 0 N–H and O–H groups in total. The van der Waals surface area contributed by atoms with Crippen molar-refractivity contribution in [3.63, 3.8) is 0 Å². The van der Waals surface area contributed by atoms with Crippen LogP contribution in [0.3, 0.4) is 0 Å².